The molecule has 0 spiro atoms. The van der Waals surface area contributed by atoms with E-state index in [0.29, 0.717) is 17.7 Å². The third kappa shape index (κ3) is 14.9. The molecular formula is C62H62NO11-. The topological polar surface area (TPSA) is 139 Å². The van der Waals surface area contributed by atoms with Crippen molar-refractivity contribution in [1.29, 1.82) is 5.26 Å². The Hall–Kier alpha value is -6.41. The van der Waals surface area contributed by atoms with Crippen LogP contribution >= 0.6 is 0 Å². The second-order valence-electron chi connectivity index (χ2n) is 18.3. The van der Waals surface area contributed by atoms with Gasteiger partial charge in [-0.2, -0.15) is 5.26 Å². The Balaban J connectivity index is 1.05. The molecule has 0 amide bonds. The second-order valence-corrected chi connectivity index (χ2v) is 18.3. The highest BCUT2D eigenvalue weighted by Gasteiger charge is 2.51. The van der Waals surface area contributed by atoms with Crippen LogP contribution in [-0.4, -0.2) is 74.6 Å². The number of hydrogen-bond donors (Lipinski definition) is 0. The van der Waals surface area contributed by atoms with Gasteiger partial charge in [-0.25, -0.2) is 0 Å². The maximum atomic E-state index is 14.5. The molecule has 0 unspecified atom stereocenters. The van der Waals surface area contributed by atoms with E-state index in [4.69, 9.17) is 47.4 Å². The average molecular weight is 997 g/mol. The minimum atomic E-state index is -1.69. The molecule has 2 heterocycles. The molecule has 9 rings (SSSR count). The van der Waals surface area contributed by atoms with Crippen LogP contribution in [0.15, 0.2) is 206 Å². The van der Waals surface area contributed by atoms with E-state index in [1.165, 1.54) is 0 Å². The summed E-state index contributed by atoms with van der Waals surface area (Å²) < 4.78 is 67.5. The Labute approximate surface area is 433 Å². The third-order valence-corrected chi connectivity index (χ3v) is 13.0. The van der Waals surface area contributed by atoms with Gasteiger partial charge in [-0.1, -0.05) is 200 Å². The van der Waals surface area contributed by atoms with Gasteiger partial charge >= 0.3 is 0 Å². The van der Waals surface area contributed by atoms with Gasteiger partial charge in [0.1, 0.15) is 42.7 Å². The first-order valence-electron chi connectivity index (χ1n) is 25.1. The molecule has 2 aliphatic heterocycles. The van der Waals surface area contributed by atoms with Crippen LogP contribution in [-0.2, 0) is 93.6 Å². The standard InChI is InChI=1S/C62H62NO11/c63-35-51-33-19-20-34-52(51)42-71-60-58(69-40-49-29-15-5-16-30-49)55(66-37-46-23-9-2-10-24-46)53(43-65-36-45-21-7-1-8-22-45)74-62(60)72-44-54-56(67-38-47-25-11-3-12-26-47)57(68-39-48-27-13-4-14-28-48)59(61(64)73-54)70-41-50-31-17-6-18-32-50/h1-34,53-62H,36-44H2/q-1/t53-,54-,55-,56-,57+,58+,59-,60-,61+,62-/m1/s1. The van der Waals surface area contributed by atoms with Gasteiger partial charge in [-0.3, -0.25) is 0 Å². The fraction of sp³-hybridized carbons (Fsp3) is 0.306. The van der Waals surface area contributed by atoms with Crippen molar-refractivity contribution in [3.63, 3.8) is 0 Å². The number of nitriles is 1. The molecule has 0 bridgehead atoms. The monoisotopic (exact) mass is 996 g/mol. The van der Waals surface area contributed by atoms with Crippen molar-refractivity contribution < 1.29 is 52.5 Å². The molecule has 0 aliphatic carbocycles. The van der Waals surface area contributed by atoms with Crippen molar-refractivity contribution in [1.82, 2.24) is 0 Å². The van der Waals surface area contributed by atoms with E-state index in [-0.39, 0.29) is 52.9 Å². The summed E-state index contributed by atoms with van der Waals surface area (Å²) in [7, 11) is 0. The maximum Gasteiger partial charge on any atom is 0.187 e. The molecule has 7 aromatic carbocycles. The molecule has 0 saturated carbocycles. The number of hydrogen-bond acceptors (Lipinski definition) is 12. The van der Waals surface area contributed by atoms with Crippen molar-refractivity contribution in [2.24, 2.45) is 0 Å². The SMILES string of the molecule is N#Cc1ccccc1CO[C@H]1[C@H](OC[C@H]2O[C@H]([O-])[C@H](OCc3ccccc3)[C@@H](OCc3ccccc3)[C@@H]2OCc2ccccc2)O[C@H](COCc2ccccc2)[C@@H](OCc2ccccc2)[C@@H]1OCc1ccccc1. The lowest BCUT2D eigenvalue weighted by atomic mass is 9.96. The molecule has 0 N–H and O–H groups in total. The molecule has 12 nitrogen and oxygen atoms in total. The molecule has 2 aliphatic rings. The first kappa shape index (κ1) is 52.5. The van der Waals surface area contributed by atoms with Crippen LogP contribution in [0.5, 0.6) is 0 Å². The van der Waals surface area contributed by atoms with Crippen molar-refractivity contribution in [2.75, 3.05) is 13.2 Å². The highest BCUT2D eigenvalue weighted by molar-refractivity contribution is 5.37. The molecule has 12 heteroatoms. The van der Waals surface area contributed by atoms with Crippen LogP contribution < -0.4 is 5.11 Å². The fourth-order valence-electron chi connectivity index (χ4n) is 9.13. The van der Waals surface area contributed by atoms with E-state index >= 15 is 0 Å². The Morgan fingerprint density at radius 2 is 0.703 bits per heavy atom. The van der Waals surface area contributed by atoms with Crippen LogP contribution in [0.4, 0.5) is 0 Å². The summed E-state index contributed by atoms with van der Waals surface area (Å²) >= 11 is 0. The van der Waals surface area contributed by atoms with Crippen molar-refractivity contribution in [3.8, 4) is 6.07 Å². The number of benzene rings is 7. The van der Waals surface area contributed by atoms with Gasteiger partial charge in [0.05, 0.1) is 77.2 Å². The van der Waals surface area contributed by atoms with Crippen LogP contribution in [0.3, 0.4) is 0 Å². The van der Waals surface area contributed by atoms with E-state index in [2.05, 4.69) is 6.07 Å². The molecule has 74 heavy (non-hydrogen) atoms. The molecule has 382 valence electrons. The molecule has 7 aromatic rings. The summed E-state index contributed by atoms with van der Waals surface area (Å²) in [5, 5.41) is 24.6. The molecule has 0 aromatic heterocycles. The van der Waals surface area contributed by atoms with E-state index in [1.807, 2.05) is 200 Å². The van der Waals surface area contributed by atoms with E-state index < -0.39 is 61.4 Å². The number of nitrogens with zero attached hydrogens (tertiary/aromatic N) is 1. The summed E-state index contributed by atoms with van der Waals surface area (Å²) in [5.74, 6) is 0. The largest absolute Gasteiger partial charge is 0.829 e. The lowest BCUT2D eigenvalue weighted by Gasteiger charge is -2.50. The third-order valence-electron chi connectivity index (χ3n) is 13.0. The first-order chi connectivity index (χ1) is 36.6. The predicted molar refractivity (Wildman–Crippen MR) is 274 cm³/mol. The molecule has 2 saturated heterocycles. The molecule has 2 fully saturated rings. The van der Waals surface area contributed by atoms with Gasteiger partial charge in [0, 0.05) is 6.29 Å². The smallest absolute Gasteiger partial charge is 0.187 e. The zero-order valence-corrected chi connectivity index (χ0v) is 41.2. The first-order valence-corrected chi connectivity index (χ1v) is 25.1. The summed E-state index contributed by atoms with van der Waals surface area (Å²) in [4.78, 5) is 0. The zero-order valence-electron chi connectivity index (χ0n) is 41.2. The van der Waals surface area contributed by atoms with Crippen molar-refractivity contribution >= 4 is 0 Å². The van der Waals surface area contributed by atoms with Gasteiger partial charge in [0.15, 0.2) is 6.29 Å². The van der Waals surface area contributed by atoms with Crippen LogP contribution in [0.2, 0.25) is 0 Å². The zero-order chi connectivity index (χ0) is 50.6. The highest BCUT2D eigenvalue weighted by atomic mass is 16.7. The van der Waals surface area contributed by atoms with E-state index in [1.54, 1.807) is 6.07 Å². The number of rotatable bonds is 25. The Kier molecular flexibility index (Phi) is 19.7. The highest BCUT2D eigenvalue weighted by Crippen LogP contribution is 2.34. The summed E-state index contributed by atoms with van der Waals surface area (Å²) in [6, 6.07) is 68.5. The maximum absolute atomic E-state index is 14.5. The van der Waals surface area contributed by atoms with Crippen LogP contribution in [0.25, 0.3) is 0 Å². The number of ether oxygens (including phenoxy) is 10. The lowest BCUT2D eigenvalue weighted by Crippen LogP contribution is -2.65. The summed E-state index contributed by atoms with van der Waals surface area (Å²) in [6.07, 6.45) is -9.93. The minimum absolute atomic E-state index is 0.0185. The second kappa shape index (κ2) is 27.8. The average Bonchev–Trinajstić information content (AvgIpc) is 3.46. The Bertz CT molecular complexity index is 2720. The van der Waals surface area contributed by atoms with E-state index in [9.17, 15) is 10.4 Å². The summed E-state index contributed by atoms with van der Waals surface area (Å²) in [5.41, 5.74) is 6.74. The molecule has 0 radical (unpaired) electrons. The molecular weight excluding hydrogens is 935 g/mol. The van der Waals surface area contributed by atoms with Crippen LogP contribution in [0, 0.1) is 11.3 Å². The van der Waals surface area contributed by atoms with Crippen molar-refractivity contribution in [2.45, 2.75) is 108 Å². The van der Waals surface area contributed by atoms with Gasteiger partial charge in [0.2, 0.25) is 0 Å². The Morgan fingerprint density at radius 1 is 0.351 bits per heavy atom. The van der Waals surface area contributed by atoms with Gasteiger partial charge in [-0.15, -0.1) is 0 Å². The van der Waals surface area contributed by atoms with Crippen LogP contribution in [0.1, 0.15) is 44.5 Å². The van der Waals surface area contributed by atoms with Gasteiger partial charge in [0.25, 0.3) is 0 Å². The van der Waals surface area contributed by atoms with Gasteiger partial charge < -0.3 is 52.5 Å². The molecule has 10 atom stereocenters. The van der Waals surface area contributed by atoms with E-state index in [0.717, 1.165) is 33.4 Å². The summed E-state index contributed by atoms with van der Waals surface area (Å²) in [6.45, 7) is 1.22. The van der Waals surface area contributed by atoms with Crippen molar-refractivity contribution in [3.05, 3.63) is 251 Å². The Morgan fingerprint density at radius 3 is 1.15 bits per heavy atom. The predicted octanol–water partition coefficient (Wildman–Crippen LogP) is 9.41. The fourth-order valence-corrected chi connectivity index (χ4v) is 9.13. The quantitative estimate of drug-likeness (QED) is 0.0539. The normalized spacial score (nSPS) is 23.7. The lowest BCUT2D eigenvalue weighted by molar-refractivity contribution is -0.538. The minimum Gasteiger partial charge on any atom is -0.829 e. The van der Waals surface area contributed by atoms with Gasteiger partial charge in [-0.05, 0) is 45.0 Å².